The number of fused-ring (bicyclic) bond motifs is 1. The van der Waals surface area contributed by atoms with Crippen LogP contribution in [0.15, 0.2) is 60.8 Å². The highest BCUT2D eigenvalue weighted by Crippen LogP contribution is 2.34. The summed E-state index contributed by atoms with van der Waals surface area (Å²) in [5.41, 5.74) is 5.18. The molecule has 1 aliphatic rings. The molecule has 0 unspecified atom stereocenters. The molecule has 4 nitrogen and oxygen atoms in total. The summed E-state index contributed by atoms with van der Waals surface area (Å²) < 4.78 is 13.4. The molecule has 0 amide bonds. The van der Waals surface area contributed by atoms with Gasteiger partial charge in [-0.15, -0.1) is 0 Å². The number of nitrogens with zero attached hydrogens (tertiary/aromatic N) is 2. The summed E-state index contributed by atoms with van der Waals surface area (Å²) in [5.74, 6) is 1.67. The first kappa shape index (κ1) is 18.6. The summed E-state index contributed by atoms with van der Waals surface area (Å²) >= 11 is 0. The third-order valence-electron chi connectivity index (χ3n) is 5.54. The normalized spacial score (nSPS) is 17.0. The molecule has 0 saturated carbocycles. The molecule has 0 aliphatic carbocycles. The Morgan fingerprint density at radius 3 is 2.32 bits per heavy atom. The van der Waals surface area contributed by atoms with Gasteiger partial charge < -0.3 is 14.0 Å². The smallest absolute Gasteiger partial charge is 0.122 e. The molecule has 2 heterocycles. The van der Waals surface area contributed by atoms with E-state index in [0.717, 1.165) is 37.6 Å². The van der Waals surface area contributed by atoms with Gasteiger partial charge in [0, 0.05) is 37.6 Å². The minimum absolute atomic E-state index is 0.232. The van der Waals surface area contributed by atoms with Crippen LogP contribution in [0.2, 0.25) is 0 Å². The number of ether oxygens (including phenoxy) is 2. The third-order valence-corrected chi connectivity index (χ3v) is 5.54. The lowest BCUT2D eigenvalue weighted by atomic mass is 10.00. The van der Waals surface area contributed by atoms with E-state index < -0.39 is 0 Å². The van der Waals surface area contributed by atoms with Gasteiger partial charge >= 0.3 is 0 Å². The lowest BCUT2D eigenvalue weighted by molar-refractivity contribution is 0.220. The number of methoxy groups -OCH3 is 2. The van der Waals surface area contributed by atoms with Crippen molar-refractivity contribution in [2.24, 2.45) is 0 Å². The van der Waals surface area contributed by atoms with Gasteiger partial charge in [0.05, 0.1) is 20.3 Å². The van der Waals surface area contributed by atoms with Gasteiger partial charge in [-0.1, -0.05) is 29.8 Å². The minimum Gasteiger partial charge on any atom is -0.497 e. The van der Waals surface area contributed by atoms with E-state index in [1.54, 1.807) is 14.2 Å². The Labute approximate surface area is 167 Å². The lowest BCUT2D eigenvalue weighted by Gasteiger charge is -2.31. The van der Waals surface area contributed by atoms with E-state index in [4.69, 9.17) is 9.47 Å². The SMILES string of the molecule is COc1cc(CN2CCCn3cccc3[C@H]2c2ccc(C)cc2)cc(OC)c1. The van der Waals surface area contributed by atoms with Crippen LogP contribution in [0.1, 0.15) is 34.8 Å². The average molecular weight is 377 g/mol. The van der Waals surface area contributed by atoms with E-state index in [-0.39, 0.29) is 6.04 Å². The van der Waals surface area contributed by atoms with Crippen molar-refractivity contribution in [2.45, 2.75) is 32.5 Å². The first-order valence-electron chi connectivity index (χ1n) is 9.85. The second-order valence-corrected chi connectivity index (χ2v) is 7.48. The topological polar surface area (TPSA) is 26.6 Å². The van der Waals surface area contributed by atoms with Crippen LogP contribution in [0.5, 0.6) is 11.5 Å². The number of rotatable bonds is 5. The molecule has 1 aliphatic heterocycles. The number of aryl methyl sites for hydroxylation is 2. The highest BCUT2D eigenvalue weighted by molar-refractivity contribution is 5.39. The summed E-state index contributed by atoms with van der Waals surface area (Å²) in [4.78, 5) is 2.57. The second kappa shape index (κ2) is 8.11. The molecule has 1 aromatic heterocycles. The molecule has 2 aromatic carbocycles. The van der Waals surface area contributed by atoms with E-state index >= 15 is 0 Å². The third kappa shape index (κ3) is 3.78. The van der Waals surface area contributed by atoms with E-state index in [1.165, 1.54) is 22.4 Å². The van der Waals surface area contributed by atoms with Crippen LogP contribution in [0.3, 0.4) is 0 Å². The van der Waals surface area contributed by atoms with Gasteiger partial charge in [0.15, 0.2) is 0 Å². The van der Waals surface area contributed by atoms with Crippen LogP contribution >= 0.6 is 0 Å². The van der Waals surface area contributed by atoms with Crippen molar-refractivity contribution in [1.82, 2.24) is 9.47 Å². The summed E-state index contributed by atoms with van der Waals surface area (Å²) in [6, 6.07) is 19.7. The molecular weight excluding hydrogens is 348 g/mol. The molecule has 0 saturated heterocycles. The maximum atomic E-state index is 5.48. The summed E-state index contributed by atoms with van der Waals surface area (Å²) in [6.07, 6.45) is 3.33. The largest absolute Gasteiger partial charge is 0.497 e. The van der Waals surface area contributed by atoms with E-state index in [2.05, 4.69) is 71.1 Å². The quantitative estimate of drug-likeness (QED) is 0.639. The Morgan fingerprint density at radius 2 is 1.64 bits per heavy atom. The van der Waals surface area contributed by atoms with Crippen molar-refractivity contribution < 1.29 is 9.47 Å². The van der Waals surface area contributed by atoms with Gasteiger partial charge in [0.2, 0.25) is 0 Å². The maximum absolute atomic E-state index is 5.48. The summed E-state index contributed by atoms with van der Waals surface area (Å²) in [7, 11) is 3.40. The van der Waals surface area contributed by atoms with Gasteiger partial charge in [-0.05, 0) is 48.7 Å². The van der Waals surface area contributed by atoms with Crippen molar-refractivity contribution in [1.29, 1.82) is 0 Å². The van der Waals surface area contributed by atoms with Crippen LogP contribution in [0.25, 0.3) is 0 Å². The van der Waals surface area contributed by atoms with E-state index in [0.29, 0.717) is 0 Å². The van der Waals surface area contributed by atoms with Crippen molar-refractivity contribution in [2.75, 3.05) is 20.8 Å². The number of hydrogen-bond acceptors (Lipinski definition) is 3. The zero-order valence-corrected chi connectivity index (χ0v) is 16.9. The molecule has 0 fully saturated rings. The number of benzene rings is 2. The number of aromatic nitrogens is 1. The molecule has 0 spiro atoms. The van der Waals surface area contributed by atoms with Crippen LogP contribution in [-0.4, -0.2) is 30.2 Å². The Morgan fingerprint density at radius 1 is 0.929 bits per heavy atom. The highest BCUT2D eigenvalue weighted by atomic mass is 16.5. The molecule has 1 atom stereocenters. The van der Waals surface area contributed by atoms with Gasteiger partial charge in [-0.25, -0.2) is 0 Å². The minimum atomic E-state index is 0.232. The molecule has 4 rings (SSSR count). The van der Waals surface area contributed by atoms with Gasteiger partial charge in [-0.3, -0.25) is 4.90 Å². The molecule has 28 heavy (non-hydrogen) atoms. The molecule has 146 valence electrons. The molecule has 3 aromatic rings. The first-order valence-corrected chi connectivity index (χ1v) is 9.85. The first-order chi connectivity index (χ1) is 13.7. The Kier molecular flexibility index (Phi) is 5.40. The van der Waals surface area contributed by atoms with Crippen molar-refractivity contribution in [3.05, 3.63) is 83.2 Å². The monoisotopic (exact) mass is 376 g/mol. The molecule has 0 radical (unpaired) electrons. The fourth-order valence-electron chi connectivity index (χ4n) is 4.13. The van der Waals surface area contributed by atoms with Crippen LogP contribution in [-0.2, 0) is 13.1 Å². The van der Waals surface area contributed by atoms with E-state index in [1.807, 2.05) is 6.07 Å². The fraction of sp³-hybridized carbons (Fsp3) is 0.333. The van der Waals surface area contributed by atoms with Crippen molar-refractivity contribution >= 4 is 0 Å². The molecular formula is C24H28N2O2. The predicted octanol–water partition coefficient (Wildman–Crippen LogP) is 4.81. The zero-order chi connectivity index (χ0) is 19.5. The highest BCUT2D eigenvalue weighted by Gasteiger charge is 2.27. The van der Waals surface area contributed by atoms with Crippen molar-refractivity contribution in [3.8, 4) is 11.5 Å². The van der Waals surface area contributed by atoms with Gasteiger partial charge in [-0.2, -0.15) is 0 Å². The summed E-state index contributed by atoms with van der Waals surface area (Å²) in [5, 5.41) is 0. The maximum Gasteiger partial charge on any atom is 0.122 e. The fourth-order valence-corrected chi connectivity index (χ4v) is 4.13. The van der Waals surface area contributed by atoms with Crippen LogP contribution in [0, 0.1) is 6.92 Å². The Hall–Kier alpha value is -2.72. The lowest BCUT2D eigenvalue weighted by Crippen LogP contribution is -2.29. The van der Waals surface area contributed by atoms with Gasteiger partial charge in [0.1, 0.15) is 11.5 Å². The molecule has 0 bridgehead atoms. The predicted molar refractivity (Wildman–Crippen MR) is 112 cm³/mol. The standard InChI is InChI=1S/C24H28N2O2/c1-18-7-9-20(10-8-18)24-23-6-4-11-25(23)12-5-13-26(24)17-19-14-21(27-2)16-22(15-19)28-3/h4,6-11,14-16,24H,5,12-13,17H2,1-3H3/t24-/m1/s1. The second-order valence-electron chi connectivity index (χ2n) is 7.48. The summed E-state index contributed by atoms with van der Waals surface area (Å²) in [6.45, 7) is 5.08. The Balaban J connectivity index is 1.72. The number of hydrogen-bond donors (Lipinski definition) is 0. The van der Waals surface area contributed by atoms with Gasteiger partial charge in [0.25, 0.3) is 0 Å². The van der Waals surface area contributed by atoms with Crippen LogP contribution in [0.4, 0.5) is 0 Å². The van der Waals surface area contributed by atoms with Crippen molar-refractivity contribution in [3.63, 3.8) is 0 Å². The average Bonchev–Trinajstić information content (AvgIpc) is 3.10. The zero-order valence-electron chi connectivity index (χ0n) is 16.9. The molecule has 0 N–H and O–H groups in total. The van der Waals surface area contributed by atoms with E-state index in [9.17, 15) is 0 Å². The Bertz CT molecular complexity index is 908. The van der Waals surface area contributed by atoms with Crippen LogP contribution < -0.4 is 9.47 Å². The molecule has 4 heteroatoms.